The summed E-state index contributed by atoms with van der Waals surface area (Å²) < 4.78 is 43.1. The van der Waals surface area contributed by atoms with Crippen LogP contribution in [0.2, 0.25) is 0 Å². The van der Waals surface area contributed by atoms with Gasteiger partial charge in [-0.15, -0.1) is 10.2 Å². The summed E-state index contributed by atoms with van der Waals surface area (Å²) in [5, 5.41) is 18.9. The predicted octanol–water partition coefficient (Wildman–Crippen LogP) is 5.19. The number of halogens is 3. The molecule has 192 valence electrons. The Kier molecular flexibility index (Phi) is 7.33. The van der Waals surface area contributed by atoms with Crippen LogP contribution in [-0.2, 0) is 7.05 Å². The van der Waals surface area contributed by atoms with E-state index >= 15 is 0 Å². The molecule has 0 amide bonds. The van der Waals surface area contributed by atoms with Crippen molar-refractivity contribution in [2.24, 2.45) is 18.9 Å². The summed E-state index contributed by atoms with van der Waals surface area (Å²) in [6.07, 6.45) is 1.48. The van der Waals surface area contributed by atoms with Crippen molar-refractivity contribution in [2.45, 2.75) is 51.2 Å². The van der Waals surface area contributed by atoms with Crippen molar-refractivity contribution >= 4 is 5.82 Å². The highest BCUT2D eigenvalue weighted by Gasteiger charge is 2.47. The molecular formula is C26H30F3N5O2. The molecule has 2 heterocycles. The Balaban J connectivity index is 1.58. The summed E-state index contributed by atoms with van der Waals surface area (Å²) >= 11 is 0. The van der Waals surface area contributed by atoms with E-state index in [0.29, 0.717) is 29.5 Å². The molecule has 36 heavy (non-hydrogen) atoms. The highest BCUT2D eigenvalue weighted by Crippen LogP contribution is 2.42. The Bertz CT molecular complexity index is 1260. The van der Waals surface area contributed by atoms with E-state index in [4.69, 9.17) is 0 Å². The van der Waals surface area contributed by atoms with Gasteiger partial charge < -0.3 is 14.6 Å². The molecule has 3 aromatic rings. The third-order valence-corrected chi connectivity index (χ3v) is 7.25. The molecule has 0 aliphatic heterocycles. The molecule has 4 rings (SSSR count). The number of aromatic nitrogens is 4. The van der Waals surface area contributed by atoms with Crippen molar-refractivity contribution in [3.05, 3.63) is 53.1 Å². The van der Waals surface area contributed by atoms with Gasteiger partial charge in [-0.1, -0.05) is 32.3 Å². The third-order valence-electron chi connectivity index (χ3n) is 7.25. The smallest absolute Gasteiger partial charge is 0.393 e. The number of alkyl halides is 3. The largest absolute Gasteiger partial charge is 0.507 e. The SMILES string of the molecule is CC[C@@H]1CCC[C@H](C(F)(F)F)[C@H](N(C)c2cnc(-c3ccc(-c4ccn(C)c(=O)c4)cc3O)nn2)C1. The van der Waals surface area contributed by atoms with Crippen LogP contribution in [0.15, 0.2) is 47.5 Å². The number of nitrogens with zero attached hydrogens (tertiary/aromatic N) is 5. The van der Waals surface area contributed by atoms with E-state index in [0.717, 1.165) is 12.8 Å². The van der Waals surface area contributed by atoms with Crippen LogP contribution in [0.3, 0.4) is 0 Å². The van der Waals surface area contributed by atoms with Gasteiger partial charge in [-0.2, -0.15) is 13.2 Å². The fourth-order valence-electron chi connectivity index (χ4n) is 4.98. The second-order valence-corrected chi connectivity index (χ2v) is 9.50. The first kappa shape index (κ1) is 25.7. The summed E-state index contributed by atoms with van der Waals surface area (Å²) in [4.78, 5) is 17.8. The van der Waals surface area contributed by atoms with E-state index < -0.39 is 18.1 Å². The van der Waals surface area contributed by atoms with Gasteiger partial charge in [-0.25, -0.2) is 4.98 Å². The lowest BCUT2D eigenvalue weighted by molar-refractivity contribution is -0.181. The first-order valence-corrected chi connectivity index (χ1v) is 12.1. The summed E-state index contributed by atoms with van der Waals surface area (Å²) in [5.74, 6) is -0.897. The summed E-state index contributed by atoms with van der Waals surface area (Å²) in [5.41, 5.74) is 1.47. The van der Waals surface area contributed by atoms with Gasteiger partial charge in [0.05, 0.1) is 17.7 Å². The number of rotatable bonds is 5. The van der Waals surface area contributed by atoms with Crippen molar-refractivity contribution in [2.75, 3.05) is 11.9 Å². The van der Waals surface area contributed by atoms with E-state index in [9.17, 15) is 23.1 Å². The van der Waals surface area contributed by atoms with E-state index in [1.54, 1.807) is 43.4 Å². The average Bonchev–Trinajstić information content (AvgIpc) is 3.08. The number of pyridine rings is 1. The number of hydrogen-bond acceptors (Lipinski definition) is 6. The quantitative estimate of drug-likeness (QED) is 0.484. The summed E-state index contributed by atoms with van der Waals surface area (Å²) in [7, 11) is 3.27. The minimum atomic E-state index is -4.29. The Morgan fingerprint density at radius 2 is 1.89 bits per heavy atom. The monoisotopic (exact) mass is 501 g/mol. The average molecular weight is 502 g/mol. The summed E-state index contributed by atoms with van der Waals surface area (Å²) in [6, 6.07) is 7.37. The van der Waals surface area contributed by atoms with Crippen LogP contribution in [0.1, 0.15) is 39.0 Å². The minimum absolute atomic E-state index is 0.0947. The van der Waals surface area contributed by atoms with E-state index in [1.165, 1.54) is 22.9 Å². The normalized spacial score (nSPS) is 20.7. The minimum Gasteiger partial charge on any atom is -0.507 e. The van der Waals surface area contributed by atoms with Crippen LogP contribution in [0.4, 0.5) is 19.0 Å². The lowest BCUT2D eigenvalue weighted by Gasteiger charge is -2.36. The van der Waals surface area contributed by atoms with Crippen LogP contribution in [0.5, 0.6) is 5.75 Å². The van der Waals surface area contributed by atoms with Crippen molar-refractivity contribution in [1.29, 1.82) is 0 Å². The molecule has 1 aromatic carbocycles. The first-order chi connectivity index (χ1) is 17.1. The maximum absolute atomic E-state index is 13.9. The molecule has 3 atom stereocenters. The van der Waals surface area contributed by atoms with Gasteiger partial charge in [0.1, 0.15) is 5.75 Å². The molecule has 0 bridgehead atoms. The topological polar surface area (TPSA) is 84.1 Å². The van der Waals surface area contributed by atoms with Gasteiger partial charge in [0.2, 0.25) is 0 Å². The van der Waals surface area contributed by atoms with Gasteiger partial charge >= 0.3 is 6.18 Å². The molecule has 1 aliphatic rings. The molecule has 0 radical (unpaired) electrons. The number of benzene rings is 1. The number of hydrogen-bond donors (Lipinski definition) is 1. The fraction of sp³-hybridized carbons (Fsp3) is 0.462. The predicted molar refractivity (Wildman–Crippen MR) is 132 cm³/mol. The zero-order valence-corrected chi connectivity index (χ0v) is 20.5. The Hall–Kier alpha value is -3.43. The number of phenolic OH excluding ortho intramolecular Hbond substituents is 1. The molecule has 10 heteroatoms. The maximum atomic E-state index is 13.9. The molecule has 1 N–H and O–H groups in total. The lowest BCUT2D eigenvalue weighted by Crippen LogP contribution is -2.45. The maximum Gasteiger partial charge on any atom is 0.393 e. The Morgan fingerprint density at radius 3 is 2.50 bits per heavy atom. The highest BCUT2D eigenvalue weighted by atomic mass is 19.4. The van der Waals surface area contributed by atoms with Crippen LogP contribution >= 0.6 is 0 Å². The first-order valence-electron chi connectivity index (χ1n) is 12.1. The molecule has 0 spiro atoms. The van der Waals surface area contributed by atoms with Crippen molar-refractivity contribution in [1.82, 2.24) is 19.7 Å². The van der Waals surface area contributed by atoms with Crippen molar-refractivity contribution in [3.8, 4) is 28.3 Å². The van der Waals surface area contributed by atoms with Crippen molar-refractivity contribution in [3.63, 3.8) is 0 Å². The molecule has 0 saturated heterocycles. The lowest BCUT2D eigenvalue weighted by atomic mass is 9.89. The van der Waals surface area contributed by atoms with E-state index in [-0.39, 0.29) is 35.3 Å². The second-order valence-electron chi connectivity index (χ2n) is 9.50. The van der Waals surface area contributed by atoms with Crippen LogP contribution in [0, 0.1) is 11.8 Å². The molecular weight excluding hydrogens is 471 g/mol. The van der Waals surface area contributed by atoms with Gasteiger partial charge in [0.25, 0.3) is 5.56 Å². The fourth-order valence-corrected chi connectivity index (χ4v) is 4.98. The van der Waals surface area contributed by atoms with Crippen molar-refractivity contribution < 1.29 is 18.3 Å². The highest BCUT2D eigenvalue weighted by molar-refractivity contribution is 5.72. The van der Waals surface area contributed by atoms with Crippen LogP contribution in [0.25, 0.3) is 22.5 Å². The summed E-state index contributed by atoms with van der Waals surface area (Å²) in [6.45, 7) is 2.01. The number of aryl methyl sites for hydroxylation is 1. The molecule has 0 unspecified atom stereocenters. The van der Waals surface area contributed by atoms with Gasteiger partial charge in [-0.3, -0.25) is 4.79 Å². The number of phenols is 1. The third kappa shape index (κ3) is 5.37. The molecule has 1 saturated carbocycles. The standard InChI is InChI=1S/C26H30F3N5O2/c1-4-16-6-5-7-20(26(27,28)29)21(12-16)34(3)23-15-30-25(32-31-23)19-9-8-17(13-22(19)35)18-10-11-33(2)24(36)14-18/h8-11,13-16,20-21,35H,4-7,12H2,1-3H3/t16-,20+,21-/m1/s1. The molecule has 2 aromatic heterocycles. The molecule has 1 aliphatic carbocycles. The van der Waals surface area contributed by atoms with E-state index in [1.807, 2.05) is 6.92 Å². The van der Waals surface area contributed by atoms with Gasteiger partial charge in [0.15, 0.2) is 11.6 Å². The Morgan fingerprint density at radius 1 is 1.14 bits per heavy atom. The zero-order chi connectivity index (χ0) is 26.0. The molecule has 1 fully saturated rings. The van der Waals surface area contributed by atoms with Gasteiger partial charge in [0, 0.05) is 32.4 Å². The van der Waals surface area contributed by atoms with Crippen LogP contribution < -0.4 is 10.5 Å². The zero-order valence-electron chi connectivity index (χ0n) is 20.5. The number of anilines is 1. The number of aromatic hydroxyl groups is 1. The van der Waals surface area contributed by atoms with E-state index in [2.05, 4.69) is 15.2 Å². The molecule has 7 nitrogen and oxygen atoms in total. The second kappa shape index (κ2) is 10.3. The van der Waals surface area contributed by atoms with Crippen LogP contribution in [-0.4, -0.2) is 44.1 Å². The van der Waals surface area contributed by atoms with Gasteiger partial charge in [-0.05, 0) is 48.1 Å². The Labute approximate surface area is 207 Å².